The van der Waals surface area contributed by atoms with Crippen molar-refractivity contribution < 1.29 is 19.4 Å². The molecule has 0 radical (unpaired) electrons. The molecule has 0 aliphatic rings. The Kier molecular flexibility index (Phi) is 7.29. The highest BCUT2D eigenvalue weighted by Crippen LogP contribution is 2.36. The average Bonchev–Trinajstić information content (AvgIpc) is 2.59. The second kappa shape index (κ2) is 9.45. The lowest BCUT2D eigenvalue weighted by Crippen LogP contribution is -2.01. The summed E-state index contributed by atoms with van der Waals surface area (Å²) in [5, 5.41) is 13.4. The van der Waals surface area contributed by atoms with Crippen molar-refractivity contribution >= 4 is 45.4 Å². The molecule has 2 rings (SSSR count). The number of benzene rings is 2. The molecule has 8 heteroatoms. The molecule has 0 aromatic heterocycles. The van der Waals surface area contributed by atoms with Gasteiger partial charge in [0.15, 0.2) is 11.5 Å². The Labute approximate surface area is 164 Å². The maximum absolute atomic E-state index is 11.1. The van der Waals surface area contributed by atoms with Gasteiger partial charge in [0.2, 0.25) is 0 Å². The van der Waals surface area contributed by atoms with Gasteiger partial charge in [0.25, 0.3) is 0 Å². The number of aromatic carboxylic acids is 1. The van der Waals surface area contributed by atoms with Gasteiger partial charge >= 0.3 is 5.97 Å². The standard InChI is InChI=1S/C18H18BrClN2O4/c1-3-25-16-8-11(7-14(19)17(16)26-4-2)10-21-22-12-5-6-15(20)13(9-12)18(23)24/h5-10,22H,3-4H2,1-2H3,(H,23,24). The molecule has 0 saturated carbocycles. The smallest absolute Gasteiger partial charge is 0.337 e. The van der Waals surface area contributed by atoms with Crippen LogP contribution >= 0.6 is 27.5 Å². The van der Waals surface area contributed by atoms with E-state index >= 15 is 0 Å². The number of hydrogen-bond acceptors (Lipinski definition) is 5. The van der Waals surface area contributed by atoms with Crippen molar-refractivity contribution in [3.05, 3.63) is 51.0 Å². The van der Waals surface area contributed by atoms with E-state index in [1.54, 1.807) is 12.3 Å². The van der Waals surface area contributed by atoms with E-state index in [4.69, 9.17) is 26.2 Å². The van der Waals surface area contributed by atoms with Crippen LogP contribution in [0.15, 0.2) is 39.9 Å². The van der Waals surface area contributed by atoms with Gasteiger partial charge in [0.05, 0.1) is 40.2 Å². The molecule has 0 saturated heterocycles. The van der Waals surface area contributed by atoms with Crippen LogP contribution in [0, 0.1) is 0 Å². The highest BCUT2D eigenvalue weighted by Gasteiger charge is 2.11. The molecule has 2 N–H and O–H groups in total. The summed E-state index contributed by atoms with van der Waals surface area (Å²) in [6.45, 7) is 4.83. The molecule has 6 nitrogen and oxygen atoms in total. The van der Waals surface area contributed by atoms with Crippen LogP contribution in [-0.4, -0.2) is 30.5 Å². The second-order valence-electron chi connectivity index (χ2n) is 5.07. The summed E-state index contributed by atoms with van der Waals surface area (Å²) in [5.41, 5.74) is 4.09. The van der Waals surface area contributed by atoms with Crippen molar-refractivity contribution in [3.8, 4) is 11.5 Å². The van der Waals surface area contributed by atoms with E-state index in [1.165, 1.54) is 12.1 Å². The van der Waals surface area contributed by atoms with E-state index < -0.39 is 5.97 Å². The van der Waals surface area contributed by atoms with Crippen LogP contribution in [-0.2, 0) is 0 Å². The number of halogens is 2. The van der Waals surface area contributed by atoms with E-state index in [0.717, 1.165) is 10.0 Å². The minimum Gasteiger partial charge on any atom is -0.490 e. The fourth-order valence-corrected chi connectivity index (χ4v) is 2.92. The molecule has 0 spiro atoms. The van der Waals surface area contributed by atoms with Crippen molar-refractivity contribution in [1.29, 1.82) is 0 Å². The van der Waals surface area contributed by atoms with Crippen LogP contribution in [0.2, 0.25) is 5.02 Å². The zero-order chi connectivity index (χ0) is 19.1. The first kappa shape index (κ1) is 20.1. The second-order valence-corrected chi connectivity index (χ2v) is 6.33. The Balaban J connectivity index is 2.20. The van der Waals surface area contributed by atoms with Gasteiger partial charge < -0.3 is 14.6 Å². The lowest BCUT2D eigenvalue weighted by atomic mass is 10.2. The van der Waals surface area contributed by atoms with Gasteiger partial charge in [-0.15, -0.1) is 0 Å². The van der Waals surface area contributed by atoms with Crippen LogP contribution in [0.4, 0.5) is 5.69 Å². The number of hydrazone groups is 1. The maximum atomic E-state index is 11.1. The molecule has 0 heterocycles. The fraction of sp³-hybridized carbons (Fsp3) is 0.222. The molecule has 2 aromatic rings. The number of carboxylic acid groups (broad SMARTS) is 1. The number of hydrogen-bond donors (Lipinski definition) is 2. The summed E-state index contributed by atoms with van der Waals surface area (Å²) in [4.78, 5) is 11.1. The maximum Gasteiger partial charge on any atom is 0.337 e. The molecule has 0 amide bonds. The van der Waals surface area contributed by atoms with Gasteiger partial charge in [0.1, 0.15) is 0 Å². The molecule has 138 valence electrons. The number of carboxylic acids is 1. The highest BCUT2D eigenvalue weighted by atomic mass is 79.9. The number of carbonyl (C=O) groups is 1. The molecule has 0 aliphatic heterocycles. The van der Waals surface area contributed by atoms with Crippen LogP contribution in [0.25, 0.3) is 0 Å². The highest BCUT2D eigenvalue weighted by molar-refractivity contribution is 9.10. The number of ether oxygens (including phenoxy) is 2. The van der Waals surface area contributed by atoms with E-state index in [-0.39, 0.29) is 10.6 Å². The summed E-state index contributed by atoms with van der Waals surface area (Å²) in [5.74, 6) is 0.160. The van der Waals surface area contributed by atoms with Gasteiger partial charge in [-0.1, -0.05) is 11.6 Å². The third-order valence-electron chi connectivity index (χ3n) is 3.22. The Hall–Kier alpha value is -2.25. The van der Waals surface area contributed by atoms with Crippen molar-refractivity contribution in [2.75, 3.05) is 18.6 Å². The first-order valence-corrected chi connectivity index (χ1v) is 9.04. The minimum absolute atomic E-state index is 0.00862. The molecular formula is C18H18BrClN2O4. The molecule has 0 atom stereocenters. The molecule has 26 heavy (non-hydrogen) atoms. The summed E-state index contributed by atoms with van der Waals surface area (Å²) < 4.78 is 12.0. The molecule has 0 bridgehead atoms. The van der Waals surface area contributed by atoms with E-state index in [2.05, 4.69) is 26.5 Å². The Morgan fingerprint density at radius 1 is 1.27 bits per heavy atom. The van der Waals surface area contributed by atoms with Gasteiger partial charge in [0, 0.05) is 0 Å². The van der Waals surface area contributed by atoms with E-state index in [9.17, 15) is 4.79 Å². The number of nitrogens with one attached hydrogen (secondary N) is 1. The lowest BCUT2D eigenvalue weighted by Gasteiger charge is -2.13. The van der Waals surface area contributed by atoms with Crippen LogP contribution in [0.3, 0.4) is 0 Å². The predicted octanol–water partition coefficient (Wildman–Crippen LogP) is 5.04. The molecule has 0 unspecified atom stereocenters. The Bertz CT molecular complexity index is 827. The van der Waals surface area contributed by atoms with Crippen molar-refractivity contribution in [2.24, 2.45) is 5.10 Å². The quantitative estimate of drug-likeness (QED) is 0.443. The summed E-state index contributed by atoms with van der Waals surface area (Å²) in [7, 11) is 0. The fourth-order valence-electron chi connectivity index (χ4n) is 2.15. The summed E-state index contributed by atoms with van der Waals surface area (Å²) in [6, 6.07) is 8.23. The predicted molar refractivity (Wildman–Crippen MR) is 106 cm³/mol. The average molecular weight is 442 g/mol. The third-order valence-corrected chi connectivity index (χ3v) is 4.14. The number of rotatable bonds is 8. The normalized spacial score (nSPS) is 10.8. The Morgan fingerprint density at radius 3 is 2.65 bits per heavy atom. The van der Waals surface area contributed by atoms with Crippen molar-refractivity contribution in [3.63, 3.8) is 0 Å². The van der Waals surface area contributed by atoms with Crippen LogP contribution in [0.1, 0.15) is 29.8 Å². The molecular weight excluding hydrogens is 424 g/mol. The molecule has 2 aromatic carbocycles. The van der Waals surface area contributed by atoms with Crippen LogP contribution in [0.5, 0.6) is 11.5 Å². The third kappa shape index (κ3) is 5.12. The first-order chi connectivity index (χ1) is 12.5. The zero-order valence-corrected chi connectivity index (χ0v) is 16.6. The van der Waals surface area contributed by atoms with Crippen LogP contribution < -0.4 is 14.9 Å². The van der Waals surface area contributed by atoms with Crippen molar-refractivity contribution in [1.82, 2.24) is 0 Å². The molecule has 0 aliphatic carbocycles. The van der Waals surface area contributed by atoms with Gasteiger partial charge in [-0.05, 0) is 65.7 Å². The van der Waals surface area contributed by atoms with Gasteiger partial charge in [-0.3, -0.25) is 5.43 Å². The SMILES string of the molecule is CCOc1cc(C=NNc2ccc(Cl)c(C(=O)O)c2)cc(Br)c1OCC. The largest absolute Gasteiger partial charge is 0.490 e. The van der Waals surface area contributed by atoms with Crippen molar-refractivity contribution in [2.45, 2.75) is 13.8 Å². The summed E-state index contributed by atoms with van der Waals surface area (Å²) in [6.07, 6.45) is 1.60. The minimum atomic E-state index is -1.10. The van der Waals surface area contributed by atoms with E-state index in [0.29, 0.717) is 30.4 Å². The molecule has 0 fully saturated rings. The Morgan fingerprint density at radius 2 is 2.00 bits per heavy atom. The van der Waals surface area contributed by atoms with Gasteiger partial charge in [-0.2, -0.15) is 5.10 Å². The zero-order valence-electron chi connectivity index (χ0n) is 14.3. The van der Waals surface area contributed by atoms with E-state index in [1.807, 2.05) is 26.0 Å². The number of anilines is 1. The topological polar surface area (TPSA) is 80.2 Å². The van der Waals surface area contributed by atoms with Gasteiger partial charge in [-0.25, -0.2) is 4.79 Å². The first-order valence-electron chi connectivity index (χ1n) is 7.87. The monoisotopic (exact) mass is 440 g/mol. The lowest BCUT2D eigenvalue weighted by molar-refractivity contribution is 0.0697. The summed E-state index contributed by atoms with van der Waals surface area (Å²) >= 11 is 9.32. The number of nitrogens with zero attached hydrogens (tertiary/aromatic N) is 1.